The van der Waals surface area contributed by atoms with E-state index in [-0.39, 0.29) is 12.1 Å². The van der Waals surface area contributed by atoms with E-state index in [1.807, 2.05) is 6.07 Å². The summed E-state index contributed by atoms with van der Waals surface area (Å²) in [7, 11) is 0. The van der Waals surface area contributed by atoms with E-state index < -0.39 is 6.29 Å². The van der Waals surface area contributed by atoms with Gasteiger partial charge >= 0.3 is 0 Å². The molecule has 3 heteroatoms. The van der Waals surface area contributed by atoms with Gasteiger partial charge in [0.2, 0.25) is 0 Å². The summed E-state index contributed by atoms with van der Waals surface area (Å²) in [4.78, 5) is 2.34. The van der Waals surface area contributed by atoms with Gasteiger partial charge in [0.1, 0.15) is 0 Å². The lowest BCUT2D eigenvalue weighted by atomic mass is 9.98. The minimum atomic E-state index is -0.688. The van der Waals surface area contributed by atoms with Crippen molar-refractivity contribution >= 4 is 0 Å². The maximum absolute atomic E-state index is 9.85. The molecule has 1 aromatic carbocycles. The van der Waals surface area contributed by atoms with Crippen LogP contribution in [0.2, 0.25) is 0 Å². The molecular formula is C14H17NO2. The zero-order chi connectivity index (χ0) is 11.7. The van der Waals surface area contributed by atoms with E-state index in [2.05, 4.69) is 41.3 Å². The average Bonchev–Trinajstić information content (AvgIpc) is 2.41. The first kappa shape index (κ1) is 11.0. The van der Waals surface area contributed by atoms with Gasteiger partial charge in [0.05, 0.1) is 18.7 Å². The molecule has 0 spiro atoms. The lowest BCUT2D eigenvalue weighted by molar-refractivity contribution is -0.189. The monoisotopic (exact) mass is 231 g/mol. The van der Waals surface area contributed by atoms with Gasteiger partial charge in [-0.15, -0.1) is 0 Å². The van der Waals surface area contributed by atoms with E-state index in [0.717, 1.165) is 13.0 Å². The largest absolute Gasteiger partial charge is 0.366 e. The molecule has 1 N–H and O–H groups in total. The number of aliphatic hydroxyl groups excluding tert-OH is 1. The number of rotatable bonds is 1. The third-order valence-corrected chi connectivity index (χ3v) is 3.57. The Morgan fingerprint density at radius 2 is 2.06 bits per heavy atom. The molecule has 0 saturated carbocycles. The highest BCUT2D eigenvalue weighted by molar-refractivity contribution is 5.21. The maximum atomic E-state index is 9.85. The molecule has 2 heterocycles. The maximum Gasteiger partial charge on any atom is 0.173 e. The Morgan fingerprint density at radius 1 is 1.24 bits per heavy atom. The molecule has 90 valence electrons. The lowest BCUT2D eigenvalue weighted by Gasteiger charge is -2.44. The average molecular weight is 231 g/mol. The van der Waals surface area contributed by atoms with Gasteiger partial charge in [0.25, 0.3) is 0 Å². The Labute approximate surface area is 101 Å². The molecule has 0 bridgehead atoms. The summed E-state index contributed by atoms with van der Waals surface area (Å²) < 4.78 is 5.48. The zero-order valence-corrected chi connectivity index (χ0v) is 9.70. The van der Waals surface area contributed by atoms with Crippen LogP contribution in [-0.4, -0.2) is 35.5 Å². The van der Waals surface area contributed by atoms with Crippen molar-refractivity contribution in [2.24, 2.45) is 0 Å². The van der Waals surface area contributed by atoms with E-state index in [0.29, 0.717) is 6.61 Å². The van der Waals surface area contributed by atoms with E-state index in [1.165, 1.54) is 5.56 Å². The number of benzene rings is 1. The van der Waals surface area contributed by atoms with Gasteiger partial charge in [-0.25, -0.2) is 0 Å². The van der Waals surface area contributed by atoms with Gasteiger partial charge in [-0.2, -0.15) is 0 Å². The Hall–Kier alpha value is -1.16. The third kappa shape index (κ3) is 2.02. The van der Waals surface area contributed by atoms with Gasteiger partial charge in [-0.1, -0.05) is 42.5 Å². The van der Waals surface area contributed by atoms with Gasteiger partial charge in [-0.05, 0) is 12.0 Å². The van der Waals surface area contributed by atoms with Crippen molar-refractivity contribution in [3.63, 3.8) is 0 Å². The van der Waals surface area contributed by atoms with Gasteiger partial charge in [0.15, 0.2) is 6.29 Å². The van der Waals surface area contributed by atoms with E-state index in [4.69, 9.17) is 4.74 Å². The molecule has 3 nitrogen and oxygen atoms in total. The summed E-state index contributed by atoms with van der Waals surface area (Å²) in [6.45, 7) is 1.55. The molecule has 17 heavy (non-hydrogen) atoms. The van der Waals surface area contributed by atoms with Crippen LogP contribution in [0, 0.1) is 0 Å². The SMILES string of the molecule is OC1OC[C@H](c2ccccc2)N2CCC=C[C@@H]12. The summed E-state index contributed by atoms with van der Waals surface area (Å²) in [5.74, 6) is 0. The second kappa shape index (κ2) is 4.61. The minimum absolute atomic E-state index is 0.00251. The second-order valence-electron chi connectivity index (χ2n) is 4.60. The number of hydrogen-bond acceptors (Lipinski definition) is 3. The molecule has 1 unspecified atom stereocenters. The van der Waals surface area contributed by atoms with Crippen LogP contribution in [0.1, 0.15) is 18.0 Å². The summed E-state index contributed by atoms with van der Waals surface area (Å²) in [6.07, 6.45) is 4.54. The Bertz CT molecular complexity index is 404. The Kier molecular flexibility index (Phi) is 2.97. The third-order valence-electron chi connectivity index (χ3n) is 3.57. The van der Waals surface area contributed by atoms with Crippen LogP contribution >= 0.6 is 0 Å². The first-order valence-corrected chi connectivity index (χ1v) is 6.13. The van der Waals surface area contributed by atoms with Crippen molar-refractivity contribution in [3.05, 3.63) is 48.0 Å². The van der Waals surface area contributed by atoms with Crippen LogP contribution < -0.4 is 0 Å². The van der Waals surface area contributed by atoms with Crippen LogP contribution in [0.25, 0.3) is 0 Å². The molecule has 1 aromatic rings. The molecular weight excluding hydrogens is 214 g/mol. The normalized spacial score (nSPS) is 33.4. The van der Waals surface area contributed by atoms with Gasteiger partial charge < -0.3 is 9.84 Å². The lowest BCUT2D eigenvalue weighted by Crippen LogP contribution is -2.53. The molecule has 2 aliphatic heterocycles. The smallest absolute Gasteiger partial charge is 0.173 e. The molecule has 1 saturated heterocycles. The fourth-order valence-corrected chi connectivity index (χ4v) is 2.69. The summed E-state index contributed by atoms with van der Waals surface area (Å²) in [6, 6.07) is 10.6. The van der Waals surface area contributed by atoms with Crippen molar-refractivity contribution in [2.75, 3.05) is 13.2 Å². The topological polar surface area (TPSA) is 32.7 Å². The highest BCUT2D eigenvalue weighted by atomic mass is 16.6. The number of morpholine rings is 1. The predicted octanol–water partition coefficient (Wildman–Crippen LogP) is 1.71. The molecule has 0 aliphatic carbocycles. The molecule has 1 fully saturated rings. The fraction of sp³-hybridized carbons (Fsp3) is 0.429. The van der Waals surface area contributed by atoms with Crippen molar-refractivity contribution in [2.45, 2.75) is 24.8 Å². The van der Waals surface area contributed by atoms with Crippen molar-refractivity contribution in [3.8, 4) is 0 Å². The summed E-state index contributed by atoms with van der Waals surface area (Å²) >= 11 is 0. The van der Waals surface area contributed by atoms with Gasteiger partial charge in [-0.3, -0.25) is 4.90 Å². The van der Waals surface area contributed by atoms with Crippen molar-refractivity contribution < 1.29 is 9.84 Å². The minimum Gasteiger partial charge on any atom is -0.366 e. The van der Waals surface area contributed by atoms with E-state index in [9.17, 15) is 5.11 Å². The zero-order valence-electron chi connectivity index (χ0n) is 9.70. The summed E-state index contributed by atoms with van der Waals surface area (Å²) in [5.41, 5.74) is 1.26. The van der Waals surface area contributed by atoms with Gasteiger partial charge in [0, 0.05) is 6.54 Å². The van der Waals surface area contributed by atoms with Crippen molar-refractivity contribution in [1.82, 2.24) is 4.90 Å². The Morgan fingerprint density at radius 3 is 2.88 bits per heavy atom. The molecule has 0 radical (unpaired) electrons. The summed E-state index contributed by atoms with van der Waals surface area (Å²) in [5, 5.41) is 9.85. The molecule has 3 rings (SSSR count). The fourth-order valence-electron chi connectivity index (χ4n) is 2.69. The Balaban J connectivity index is 1.89. The molecule has 0 amide bonds. The number of ether oxygens (including phenoxy) is 1. The second-order valence-corrected chi connectivity index (χ2v) is 4.60. The predicted molar refractivity (Wildman–Crippen MR) is 65.4 cm³/mol. The molecule has 2 aliphatic rings. The quantitative estimate of drug-likeness (QED) is 0.747. The van der Waals surface area contributed by atoms with Crippen LogP contribution in [0.3, 0.4) is 0 Å². The van der Waals surface area contributed by atoms with E-state index in [1.54, 1.807) is 0 Å². The van der Waals surface area contributed by atoms with Crippen LogP contribution in [-0.2, 0) is 4.74 Å². The van der Waals surface area contributed by atoms with Crippen LogP contribution in [0.15, 0.2) is 42.5 Å². The highest BCUT2D eigenvalue weighted by Gasteiger charge is 2.37. The first-order chi connectivity index (χ1) is 8.36. The van der Waals surface area contributed by atoms with Crippen LogP contribution in [0.5, 0.6) is 0 Å². The standard InChI is InChI=1S/C14H17NO2/c16-14-12-8-4-5-9-15(12)13(10-17-14)11-6-2-1-3-7-11/h1-4,6-8,12-14,16H,5,9-10H2/t12-,13+,14?/m0/s1. The van der Waals surface area contributed by atoms with Crippen LogP contribution in [0.4, 0.5) is 0 Å². The van der Waals surface area contributed by atoms with Crippen molar-refractivity contribution in [1.29, 1.82) is 0 Å². The number of fused-ring (bicyclic) bond motifs is 1. The number of hydrogen-bond donors (Lipinski definition) is 1. The number of nitrogens with zero attached hydrogens (tertiary/aromatic N) is 1. The molecule has 0 aromatic heterocycles. The highest BCUT2D eigenvalue weighted by Crippen LogP contribution is 2.31. The number of aliphatic hydroxyl groups is 1. The molecule has 3 atom stereocenters. The van der Waals surface area contributed by atoms with E-state index >= 15 is 0 Å². The first-order valence-electron chi connectivity index (χ1n) is 6.13.